The second kappa shape index (κ2) is 9.02. The van der Waals surface area contributed by atoms with Gasteiger partial charge < -0.3 is 10.2 Å². The lowest BCUT2D eigenvalue weighted by Gasteiger charge is -2.38. The van der Waals surface area contributed by atoms with E-state index in [1.165, 1.54) is 25.1 Å². The summed E-state index contributed by atoms with van der Waals surface area (Å²) in [4.78, 5) is 39.0. The molecule has 0 aliphatic carbocycles. The highest BCUT2D eigenvalue weighted by Gasteiger charge is 2.31. The van der Waals surface area contributed by atoms with E-state index >= 15 is 0 Å². The fourth-order valence-electron chi connectivity index (χ4n) is 3.40. The number of nitro benzene ring substituents is 1. The molecule has 0 bridgehead atoms. The maximum Gasteiger partial charge on any atom is 0.289 e. The van der Waals surface area contributed by atoms with Crippen molar-refractivity contribution in [2.75, 3.05) is 31.5 Å². The molecule has 8 nitrogen and oxygen atoms in total. The van der Waals surface area contributed by atoms with Gasteiger partial charge in [0.1, 0.15) is 11.1 Å². The summed E-state index contributed by atoms with van der Waals surface area (Å²) in [6, 6.07) is 12.9. The molecule has 1 N–H and O–H groups in total. The predicted octanol–water partition coefficient (Wildman–Crippen LogP) is 3.09. The Morgan fingerprint density at radius 2 is 1.76 bits per heavy atom. The predicted molar refractivity (Wildman–Crippen MR) is 110 cm³/mol. The summed E-state index contributed by atoms with van der Waals surface area (Å²) in [5.41, 5.74) is 0.843. The van der Waals surface area contributed by atoms with Gasteiger partial charge in [0.2, 0.25) is 11.8 Å². The van der Waals surface area contributed by atoms with E-state index in [4.69, 9.17) is 11.6 Å². The molecule has 1 atom stereocenters. The maximum absolute atomic E-state index is 13.2. The van der Waals surface area contributed by atoms with Crippen LogP contribution in [-0.2, 0) is 9.59 Å². The normalized spacial score (nSPS) is 15.6. The van der Waals surface area contributed by atoms with Crippen LogP contribution in [0.25, 0.3) is 0 Å². The van der Waals surface area contributed by atoms with E-state index < -0.39 is 11.0 Å². The average Bonchev–Trinajstić information content (AvgIpc) is 2.70. The number of halogens is 1. The SMILES string of the molecule is CC(=O)N1CCN(C(C(=O)Nc2ccc(Cl)c([N+](=O)[O-])c2)c2ccccc2)CC1. The smallest absolute Gasteiger partial charge is 0.289 e. The summed E-state index contributed by atoms with van der Waals surface area (Å²) >= 11 is 5.85. The molecule has 2 amide bonds. The minimum Gasteiger partial charge on any atom is -0.340 e. The van der Waals surface area contributed by atoms with Crippen LogP contribution in [0.3, 0.4) is 0 Å². The van der Waals surface area contributed by atoms with Crippen LogP contribution >= 0.6 is 11.6 Å². The quantitative estimate of drug-likeness (QED) is 0.596. The van der Waals surface area contributed by atoms with Gasteiger partial charge in [-0.05, 0) is 17.7 Å². The van der Waals surface area contributed by atoms with Crippen molar-refractivity contribution >= 4 is 34.8 Å². The van der Waals surface area contributed by atoms with Crippen molar-refractivity contribution in [3.05, 3.63) is 69.2 Å². The standard InChI is InChI=1S/C20H21ClN4O4/c1-14(26)23-9-11-24(12-10-23)19(15-5-3-2-4-6-15)20(27)22-16-7-8-17(21)18(13-16)25(28)29/h2-8,13,19H,9-12H2,1H3,(H,22,27). The number of benzene rings is 2. The number of nitrogens with zero attached hydrogens (tertiary/aromatic N) is 3. The van der Waals surface area contributed by atoms with Gasteiger partial charge in [0.25, 0.3) is 5.69 Å². The van der Waals surface area contributed by atoms with Crippen LogP contribution in [-0.4, -0.2) is 52.7 Å². The summed E-state index contributed by atoms with van der Waals surface area (Å²) in [6.45, 7) is 3.71. The first-order chi connectivity index (χ1) is 13.9. The zero-order valence-corrected chi connectivity index (χ0v) is 16.6. The molecule has 1 unspecified atom stereocenters. The topological polar surface area (TPSA) is 95.8 Å². The van der Waals surface area contributed by atoms with Crippen molar-refractivity contribution < 1.29 is 14.5 Å². The first kappa shape index (κ1) is 20.8. The lowest BCUT2D eigenvalue weighted by Crippen LogP contribution is -2.51. The van der Waals surface area contributed by atoms with Gasteiger partial charge in [0.05, 0.1) is 4.92 Å². The van der Waals surface area contributed by atoms with E-state index in [9.17, 15) is 19.7 Å². The first-order valence-corrected chi connectivity index (χ1v) is 9.54. The molecule has 1 saturated heterocycles. The van der Waals surface area contributed by atoms with E-state index in [0.717, 1.165) is 5.56 Å². The van der Waals surface area contributed by atoms with Crippen LogP contribution in [0.2, 0.25) is 5.02 Å². The highest BCUT2D eigenvalue weighted by atomic mass is 35.5. The number of carbonyl (C=O) groups is 2. The van der Waals surface area contributed by atoms with Gasteiger partial charge in [0.15, 0.2) is 0 Å². The molecule has 1 heterocycles. The molecule has 9 heteroatoms. The third-order valence-corrected chi connectivity index (χ3v) is 5.22. The average molecular weight is 417 g/mol. The highest BCUT2D eigenvalue weighted by Crippen LogP contribution is 2.29. The molecule has 1 aliphatic rings. The number of nitro groups is 1. The Morgan fingerprint density at radius 1 is 1.10 bits per heavy atom. The van der Waals surface area contributed by atoms with Crippen molar-refractivity contribution in [3.8, 4) is 0 Å². The third kappa shape index (κ3) is 4.90. The summed E-state index contributed by atoms with van der Waals surface area (Å²) in [5, 5.41) is 13.9. The van der Waals surface area contributed by atoms with Crippen molar-refractivity contribution in [1.29, 1.82) is 0 Å². The number of piperazine rings is 1. The Balaban J connectivity index is 1.83. The van der Waals surface area contributed by atoms with Crippen LogP contribution < -0.4 is 5.32 Å². The van der Waals surface area contributed by atoms with Crippen molar-refractivity contribution in [2.24, 2.45) is 0 Å². The van der Waals surface area contributed by atoms with Gasteiger partial charge in [-0.3, -0.25) is 24.6 Å². The maximum atomic E-state index is 13.2. The first-order valence-electron chi connectivity index (χ1n) is 9.16. The lowest BCUT2D eigenvalue weighted by atomic mass is 10.0. The molecule has 0 radical (unpaired) electrons. The number of hydrogen-bond donors (Lipinski definition) is 1. The van der Waals surface area contributed by atoms with Gasteiger partial charge in [-0.25, -0.2) is 0 Å². The molecule has 29 heavy (non-hydrogen) atoms. The molecule has 0 spiro atoms. The fraction of sp³-hybridized carbons (Fsp3) is 0.300. The Kier molecular flexibility index (Phi) is 6.46. The third-order valence-electron chi connectivity index (χ3n) is 4.90. The number of nitrogens with one attached hydrogen (secondary N) is 1. The van der Waals surface area contributed by atoms with Crippen LogP contribution in [0.1, 0.15) is 18.5 Å². The monoisotopic (exact) mass is 416 g/mol. The number of anilines is 1. The van der Waals surface area contributed by atoms with E-state index in [1.54, 1.807) is 4.90 Å². The minimum absolute atomic E-state index is 0.00737. The molecule has 2 aromatic carbocycles. The fourth-order valence-corrected chi connectivity index (χ4v) is 3.59. The molecule has 2 aromatic rings. The van der Waals surface area contributed by atoms with Crippen LogP contribution in [0.5, 0.6) is 0 Å². The molecule has 3 rings (SSSR count). The highest BCUT2D eigenvalue weighted by molar-refractivity contribution is 6.32. The van der Waals surface area contributed by atoms with Crippen LogP contribution in [0, 0.1) is 10.1 Å². The number of rotatable bonds is 5. The summed E-state index contributed by atoms with van der Waals surface area (Å²) in [5.74, 6) is -0.289. The molecule has 152 valence electrons. The van der Waals surface area contributed by atoms with Crippen LogP contribution in [0.4, 0.5) is 11.4 Å². The van der Waals surface area contributed by atoms with Crippen LogP contribution in [0.15, 0.2) is 48.5 Å². The number of carbonyl (C=O) groups excluding carboxylic acids is 2. The van der Waals surface area contributed by atoms with E-state index in [0.29, 0.717) is 31.9 Å². The molecular formula is C20H21ClN4O4. The second-order valence-electron chi connectivity index (χ2n) is 6.77. The Morgan fingerprint density at radius 3 is 2.34 bits per heavy atom. The zero-order chi connectivity index (χ0) is 21.0. The van der Waals surface area contributed by atoms with Crippen molar-refractivity contribution in [3.63, 3.8) is 0 Å². The number of amides is 2. The van der Waals surface area contributed by atoms with E-state index in [-0.39, 0.29) is 22.5 Å². The molecule has 1 aliphatic heterocycles. The number of hydrogen-bond acceptors (Lipinski definition) is 5. The summed E-state index contributed by atoms with van der Waals surface area (Å²) in [6.07, 6.45) is 0. The van der Waals surface area contributed by atoms with E-state index in [1.807, 2.05) is 35.2 Å². The Hall–Kier alpha value is -2.97. The Labute approximate surface area is 173 Å². The molecular weight excluding hydrogens is 396 g/mol. The summed E-state index contributed by atoms with van der Waals surface area (Å²) in [7, 11) is 0. The van der Waals surface area contributed by atoms with Gasteiger partial charge in [-0.1, -0.05) is 41.9 Å². The minimum atomic E-state index is -0.590. The zero-order valence-electron chi connectivity index (χ0n) is 15.9. The molecule has 0 saturated carbocycles. The second-order valence-corrected chi connectivity index (χ2v) is 7.18. The van der Waals surface area contributed by atoms with Gasteiger partial charge >= 0.3 is 0 Å². The van der Waals surface area contributed by atoms with Gasteiger partial charge in [0, 0.05) is 44.9 Å². The van der Waals surface area contributed by atoms with Crippen molar-refractivity contribution in [2.45, 2.75) is 13.0 Å². The lowest BCUT2D eigenvalue weighted by molar-refractivity contribution is -0.384. The molecule has 1 fully saturated rings. The van der Waals surface area contributed by atoms with Gasteiger partial charge in [-0.2, -0.15) is 0 Å². The Bertz CT molecular complexity index is 914. The molecule has 0 aromatic heterocycles. The van der Waals surface area contributed by atoms with E-state index in [2.05, 4.69) is 5.32 Å². The largest absolute Gasteiger partial charge is 0.340 e. The van der Waals surface area contributed by atoms with Gasteiger partial charge in [-0.15, -0.1) is 0 Å². The van der Waals surface area contributed by atoms with Crippen molar-refractivity contribution in [1.82, 2.24) is 9.80 Å². The summed E-state index contributed by atoms with van der Waals surface area (Å²) < 4.78 is 0.